The zero-order valence-electron chi connectivity index (χ0n) is 22.0. The van der Waals surface area contributed by atoms with Gasteiger partial charge in [0.15, 0.2) is 0 Å². The number of ketones is 1. The molecule has 35 heavy (non-hydrogen) atoms. The van der Waals surface area contributed by atoms with Crippen LogP contribution in [0.15, 0.2) is 0 Å². The minimum atomic E-state index is -1.26. The van der Waals surface area contributed by atoms with Crippen LogP contribution in [0.3, 0.4) is 0 Å². The van der Waals surface area contributed by atoms with Crippen LogP contribution in [-0.2, 0) is 19.1 Å². The number of hydrogen-bond donors (Lipinski definition) is 3. The maximum Gasteiger partial charge on any atom is 0.309 e. The van der Waals surface area contributed by atoms with Crippen molar-refractivity contribution in [2.75, 3.05) is 0 Å². The van der Waals surface area contributed by atoms with Gasteiger partial charge < -0.3 is 20.1 Å². The molecule has 4 aliphatic carbocycles. The van der Waals surface area contributed by atoms with Gasteiger partial charge in [0, 0.05) is 30.6 Å². The maximum atomic E-state index is 13.7. The minimum Gasteiger partial charge on any atom is -0.481 e. The van der Waals surface area contributed by atoms with Crippen molar-refractivity contribution in [2.45, 2.75) is 116 Å². The van der Waals surface area contributed by atoms with E-state index in [1.807, 2.05) is 20.8 Å². The van der Waals surface area contributed by atoms with Crippen molar-refractivity contribution in [2.24, 2.45) is 40.4 Å². The fourth-order valence-electron chi connectivity index (χ4n) is 9.33. The van der Waals surface area contributed by atoms with E-state index < -0.39 is 39.8 Å². The number of carbonyl (C=O) groups is 3. The van der Waals surface area contributed by atoms with E-state index in [1.54, 1.807) is 0 Å². The van der Waals surface area contributed by atoms with E-state index in [0.29, 0.717) is 25.7 Å². The largest absolute Gasteiger partial charge is 0.481 e. The van der Waals surface area contributed by atoms with Gasteiger partial charge in [-0.05, 0) is 82.0 Å². The number of Topliss-reactive ketones (excluding diaryl/α,β-unsaturated/α-hetero) is 1. The Bertz CT molecular complexity index is 885. The van der Waals surface area contributed by atoms with Gasteiger partial charge in [0.05, 0.1) is 23.2 Å². The Kier molecular flexibility index (Phi) is 6.71. The molecule has 0 aromatic carbocycles. The second-order valence-electron chi connectivity index (χ2n) is 12.8. The van der Waals surface area contributed by atoms with Gasteiger partial charge in [0.2, 0.25) is 0 Å². The SMILES string of the molecule is CC[C@@H]1[C@H](C(=O)OC(C)C)[C@H]2[C@@H]3CC[C@@](O)(CCC(=O)O)[C@@]3(C)CC[C@@H]2[C@@]2(C)CCC(=O)C[C@]12O. The number of carboxylic acid groups (broad SMARTS) is 1. The smallest absolute Gasteiger partial charge is 0.309 e. The van der Waals surface area contributed by atoms with Crippen molar-refractivity contribution < 1.29 is 34.4 Å². The third-order valence-corrected chi connectivity index (χ3v) is 11.1. The summed E-state index contributed by atoms with van der Waals surface area (Å²) in [5.74, 6) is -2.14. The first-order valence-corrected chi connectivity index (χ1v) is 13.6. The van der Waals surface area contributed by atoms with Crippen LogP contribution in [0.2, 0.25) is 0 Å². The molecule has 0 unspecified atom stereocenters. The van der Waals surface area contributed by atoms with Crippen LogP contribution < -0.4 is 0 Å². The van der Waals surface area contributed by atoms with E-state index in [4.69, 9.17) is 4.74 Å². The number of esters is 1. The lowest BCUT2D eigenvalue weighted by atomic mass is 9.38. The normalized spacial score (nSPS) is 47.1. The standard InChI is InChI=1S/C28H44O7/c1-6-18-23(24(32)35-16(2)3)22-19-9-13-27(33,14-10-21(30)31)25(19,4)12-8-20(22)26(5)11-7-17(29)15-28(18,26)34/h16,18-20,22-23,33-34H,6-15H2,1-5H3,(H,30,31)/t18-,19+,20+,22+,23+,25+,26-,27-,28+/m1/s1. The number of aliphatic hydroxyl groups is 2. The maximum absolute atomic E-state index is 13.7. The molecule has 7 heteroatoms. The van der Waals surface area contributed by atoms with E-state index in [0.717, 1.165) is 19.3 Å². The second kappa shape index (κ2) is 8.83. The molecule has 4 aliphatic rings. The van der Waals surface area contributed by atoms with Crippen LogP contribution in [0.4, 0.5) is 0 Å². The fourth-order valence-corrected chi connectivity index (χ4v) is 9.33. The zero-order chi connectivity index (χ0) is 26.0. The van der Waals surface area contributed by atoms with Gasteiger partial charge in [-0.15, -0.1) is 0 Å². The van der Waals surface area contributed by atoms with Crippen molar-refractivity contribution in [3.8, 4) is 0 Å². The number of rotatable bonds is 6. The van der Waals surface area contributed by atoms with Gasteiger partial charge in [0.1, 0.15) is 5.78 Å². The van der Waals surface area contributed by atoms with Gasteiger partial charge in [-0.3, -0.25) is 14.4 Å². The van der Waals surface area contributed by atoms with Gasteiger partial charge in [0.25, 0.3) is 0 Å². The van der Waals surface area contributed by atoms with Crippen LogP contribution in [0.1, 0.15) is 98.8 Å². The molecular formula is C28H44O7. The topological polar surface area (TPSA) is 121 Å². The lowest BCUT2D eigenvalue weighted by molar-refractivity contribution is -0.260. The van der Waals surface area contributed by atoms with E-state index in [1.165, 1.54) is 0 Å². The number of ether oxygens (including phenoxy) is 1. The molecule has 0 saturated heterocycles. The number of aliphatic carboxylic acids is 1. The molecule has 4 saturated carbocycles. The molecule has 0 heterocycles. The molecule has 0 aromatic rings. The minimum absolute atomic E-state index is 0.0258. The fraction of sp³-hybridized carbons (Fsp3) is 0.893. The molecule has 4 rings (SSSR count). The molecule has 0 bridgehead atoms. The van der Waals surface area contributed by atoms with Gasteiger partial charge >= 0.3 is 11.9 Å². The van der Waals surface area contributed by atoms with E-state index in [-0.39, 0.29) is 54.9 Å². The first-order valence-electron chi connectivity index (χ1n) is 13.6. The molecule has 0 radical (unpaired) electrons. The molecule has 0 amide bonds. The van der Waals surface area contributed by atoms with Crippen molar-refractivity contribution >= 4 is 17.7 Å². The van der Waals surface area contributed by atoms with Crippen molar-refractivity contribution in [3.05, 3.63) is 0 Å². The summed E-state index contributed by atoms with van der Waals surface area (Å²) in [5.41, 5.74) is -3.35. The van der Waals surface area contributed by atoms with Crippen LogP contribution >= 0.6 is 0 Å². The van der Waals surface area contributed by atoms with Crippen LogP contribution in [0.5, 0.6) is 0 Å². The number of carbonyl (C=O) groups excluding carboxylic acids is 2. The summed E-state index contributed by atoms with van der Waals surface area (Å²) in [7, 11) is 0. The molecule has 0 aromatic heterocycles. The predicted octanol–water partition coefficient (Wildman–Crippen LogP) is 4.12. The number of fused-ring (bicyclic) bond motifs is 5. The number of carboxylic acids is 1. The molecule has 198 valence electrons. The lowest BCUT2D eigenvalue weighted by Crippen LogP contribution is -2.70. The Morgan fingerprint density at radius 2 is 1.69 bits per heavy atom. The first kappa shape index (κ1) is 26.6. The highest BCUT2D eigenvalue weighted by Crippen LogP contribution is 2.72. The Balaban J connectivity index is 1.82. The number of hydrogen-bond acceptors (Lipinski definition) is 6. The molecule has 0 spiro atoms. The molecule has 7 nitrogen and oxygen atoms in total. The molecule has 9 atom stereocenters. The molecule has 4 fully saturated rings. The monoisotopic (exact) mass is 492 g/mol. The van der Waals surface area contributed by atoms with Gasteiger partial charge in [-0.25, -0.2) is 0 Å². The summed E-state index contributed by atoms with van der Waals surface area (Å²) < 4.78 is 5.79. The van der Waals surface area contributed by atoms with E-state index >= 15 is 0 Å². The quantitative estimate of drug-likeness (QED) is 0.477. The highest BCUT2D eigenvalue weighted by Gasteiger charge is 2.72. The summed E-state index contributed by atoms with van der Waals surface area (Å²) in [5, 5.41) is 33.4. The molecule has 0 aliphatic heterocycles. The Morgan fingerprint density at radius 1 is 1.06 bits per heavy atom. The average molecular weight is 493 g/mol. The highest BCUT2D eigenvalue weighted by atomic mass is 16.5. The lowest BCUT2D eigenvalue weighted by Gasteiger charge is -2.67. The van der Waals surface area contributed by atoms with Crippen molar-refractivity contribution in [3.63, 3.8) is 0 Å². The Morgan fingerprint density at radius 3 is 2.29 bits per heavy atom. The van der Waals surface area contributed by atoms with E-state index in [9.17, 15) is 29.7 Å². The van der Waals surface area contributed by atoms with Crippen LogP contribution in [0, 0.1) is 40.4 Å². The predicted molar refractivity (Wildman–Crippen MR) is 129 cm³/mol. The molecular weight excluding hydrogens is 448 g/mol. The third kappa shape index (κ3) is 3.78. The van der Waals surface area contributed by atoms with Crippen molar-refractivity contribution in [1.29, 1.82) is 0 Å². The van der Waals surface area contributed by atoms with E-state index in [2.05, 4.69) is 13.8 Å². The molecule has 3 N–H and O–H groups in total. The van der Waals surface area contributed by atoms with Crippen LogP contribution in [-0.4, -0.2) is 50.3 Å². The second-order valence-corrected chi connectivity index (χ2v) is 12.8. The zero-order valence-corrected chi connectivity index (χ0v) is 22.0. The summed E-state index contributed by atoms with van der Waals surface area (Å²) in [6.07, 6.45) is 4.25. The summed E-state index contributed by atoms with van der Waals surface area (Å²) in [6.45, 7) is 9.85. The third-order valence-electron chi connectivity index (χ3n) is 11.1. The highest BCUT2D eigenvalue weighted by molar-refractivity contribution is 5.82. The Labute approximate surface area is 209 Å². The summed E-state index contributed by atoms with van der Waals surface area (Å²) in [4.78, 5) is 37.7. The Hall–Kier alpha value is -1.47. The van der Waals surface area contributed by atoms with Gasteiger partial charge in [-0.2, -0.15) is 0 Å². The first-order chi connectivity index (χ1) is 16.2. The average Bonchev–Trinajstić information content (AvgIpc) is 3.03. The van der Waals surface area contributed by atoms with Crippen LogP contribution in [0.25, 0.3) is 0 Å². The van der Waals surface area contributed by atoms with Gasteiger partial charge in [-0.1, -0.05) is 20.8 Å². The summed E-state index contributed by atoms with van der Waals surface area (Å²) in [6, 6.07) is 0. The van der Waals surface area contributed by atoms with Crippen molar-refractivity contribution in [1.82, 2.24) is 0 Å². The summed E-state index contributed by atoms with van der Waals surface area (Å²) >= 11 is 0.